The van der Waals surface area contributed by atoms with Gasteiger partial charge in [-0.3, -0.25) is 9.59 Å². The molecule has 1 aromatic rings. The van der Waals surface area contributed by atoms with Gasteiger partial charge in [0, 0.05) is 0 Å². The van der Waals surface area contributed by atoms with Crippen LogP contribution in [-0.2, 0) is 9.53 Å². The van der Waals surface area contributed by atoms with Gasteiger partial charge >= 0.3 is 12.0 Å². The fourth-order valence-electron chi connectivity index (χ4n) is 1.74. The number of ether oxygens (including phenoxy) is 1. The minimum atomic E-state index is -0.849. The van der Waals surface area contributed by atoms with Crippen molar-refractivity contribution < 1.29 is 19.1 Å². The number of anilines is 1. The summed E-state index contributed by atoms with van der Waals surface area (Å²) < 4.78 is 4.96. The van der Waals surface area contributed by atoms with Gasteiger partial charge < -0.3 is 4.74 Å². The number of ketones is 1. The molecule has 1 heterocycles. The molecule has 0 N–H and O–H groups in total. The van der Waals surface area contributed by atoms with Gasteiger partial charge in [0.25, 0.3) is 5.78 Å². The molecule has 5 nitrogen and oxygen atoms in total. The summed E-state index contributed by atoms with van der Waals surface area (Å²) in [5, 5.41) is 0. The average molecular weight is 247 g/mol. The third-order valence-electron chi connectivity index (χ3n) is 2.69. The van der Waals surface area contributed by atoms with E-state index in [-0.39, 0.29) is 12.2 Å². The number of carbonyl (C=O) groups is 3. The molecule has 0 fully saturated rings. The van der Waals surface area contributed by atoms with Crippen molar-refractivity contribution in [3.63, 3.8) is 0 Å². The highest BCUT2D eigenvalue weighted by atomic mass is 16.6. The molecular weight excluding hydrogens is 234 g/mol. The van der Waals surface area contributed by atoms with Crippen LogP contribution in [0.1, 0.15) is 30.1 Å². The van der Waals surface area contributed by atoms with Crippen LogP contribution in [0.4, 0.5) is 10.5 Å². The van der Waals surface area contributed by atoms with Crippen LogP contribution in [0.25, 0.3) is 0 Å². The maximum Gasteiger partial charge on any atom is 0.421 e. The number of fused-ring (bicyclic) bond motifs is 1. The lowest BCUT2D eigenvalue weighted by Gasteiger charge is -2.14. The number of hydrogen-bond donors (Lipinski definition) is 0. The summed E-state index contributed by atoms with van der Waals surface area (Å²) in [4.78, 5) is 35.9. The Hall–Kier alpha value is -2.17. The molecule has 1 aromatic carbocycles. The van der Waals surface area contributed by atoms with Crippen LogP contribution < -0.4 is 4.90 Å². The number of imide groups is 1. The first kappa shape index (κ1) is 12.3. The lowest BCUT2D eigenvalue weighted by molar-refractivity contribution is -0.113. The highest BCUT2D eigenvalue weighted by molar-refractivity contribution is 6.55. The largest absolute Gasteiger partial charge is 0.449 e. The SMILES string of the molecule is CCCCOC(=O)N1C(=O)C(=O)c2ccccc21. The third-order valence-corrected chi connectivity index (χ3v) is 2.69. The van der Waals surface area contributed by atoms with E-state index in [0.717, 1.165) is 17.7 Å². The predicted octanol–water partition coefficient (Wildman–Crippen LogP) is 2.15. The minimum absolute atomic E-state index is 0.245. The Bertz CT molecular complexity index is 509. The quantitative estimate of drug-likeness (QED) is 0.606. The summed E-state index contributed by atoms with van der Waals surface area (Å²) in [6.07, 6.45) is 0.826. The summed E-state index contributed by atoms with van der Waals surface area (Å²) in [6, 6.07) is 6.39. The molecule has 18 heavy (non-hydrogen) atoms. The number of rotatable bonds is 3. The molecule has 0 aliphatic carbocycles. The Morgan fingerprint density at radius 1 is 1.28 bits per heavy atom. The Kier molecular flexibility index (Phi) is 3.41. The van der Waals surface area contributed by atoms with Crippen molar-refractivity contribution in [1.82, 2.24) is 0 Å². The van der Waals surface area contributed by atoms with Crippen LogP contribution in [0.2, 0.25) is 0 Å². The Morgan fingerprint density at radius 3 is 2.72 bits per heavy atom. The van der Waals surface area contributed by atoms with Crippen molar-refractivity contribution in [3.05, 3.63) is 29.8 Å². The molecule has 0 spiro atoms. The van der Waals surface area contributed by atoms with E-state index in [1.807, 2.05) is 6.92 Å². The van der Waals surface area contributed by atoms with Crippen molar-refractivity contribution in [2.75, 3.05) is 11.5 Å². The van der Waals surface area contributed by atoms with Gasteiger partial charge in [-0.1, -0.05) is 25.5 Å². The van der Waals surface area contributed by atoms with Crippen LogP contribution in [0.5, 0.6) is 0 Å². The van der Waals surface area contributed by atoms with E-state index in [1.165, 1.54) is 6.07 Å². The number of Topliss-reactive ketones (excluding diaryl/α,β-unsaturated/α-hetero) is 1. The molecule has 1 aliphatic rings. The summed E-state index contributed by atoms with van der Waals surface area (Å²) in [5.41, 5.74) is 0.545. The summed E-state index contributed by atoms with van der Waals surface area (Å²) in [7, 11) is 0. The monoisotopic (exact) mass is 247 g/mol. The molecule has 0 radical (unpaired) electrons. The number of benzene rings is 1. The second kappa shape index (κ2) is 5.00. The fourth-order valence-corrected chi connectivity index (χ4v) is 1.74. The smallest absolute Gasteiger partial charge is 0.421 e. The predicted molar refractivity (Wildman–Crippen MR) is 64.5 cm³/mol. The molecule has 5 heteroatoms. The van der Waals surface area contributed by atoms with Gasteiger partial charge in [-0.2, -0.15) is 0 Å². The van der Waals surface area contributed by atoms with Crippen LogP contribution in [0, 0.1) is 0 Å². The molecule has 0 saturated carbocycles. The van der Waals surface area contributed by atoms with Crippen LogP contribution in [-0.4, -0.2) is 24.4 Å². The van der Waals surface area contributed by atoms with E-state index in [9.17, 15) is 14.4 Å². The average Bonchev–Trinajstić information content (AvgIpc) is 2.63. The van der Waals surface area contributed by atoms with Gasteiger partial charge in [0.15, 0.2) is 0 Å². The zero-order chi connectivity index (χ0) is 13.1. The van der Waals surface area contributed by atoms with Crippen LogP contribution >= 0.6 is 0 Å². The van der Waals surface area contributed by atoms with Crippen molar-refractivity contribution in [3.8, 4) is 0 Å². The molecule has 0 atom stereocenters. The van der Waals surface area contributed by atoms with E-state index in [2.05, 4.69) is 0 Å². The molecule has 0 bridgehead atoms. The first-order chi connectivity index (χ1) is 8.66. The fraction of sp³-hybridized carbons (Fsp3) is 0.308. The van der Waals surface area contributed by atoms with Crippen molar-refractivity contribution in [2.24, 2.45) is 0 Å². The molecule has 0 saturated heterocycles. The Balaban J connectivity index is 2.21. The number of amides is 2. The number of nitrogens with zero attached hydrogens (tertiary/aromatic N) is 1. The number of carbonyl (C=O) groups excluding carboxylic acids is 3. The third kappa shape index (κ3) is 1.99. The summed E-state index contributed by atoms with van der Waals surface area (Å²) in [6.45, 7) is 2.21. The number of para-hydroxylation sites is 1. The Morgan fingerprint density at radius 2 is 2.00 bits per heavy atom. The van der Waals surface area contributed by atoms with Crippen molar-refractivity contribution >= 4 is 23.5 Å². The molecule has 0 aromatic heterocycles. The maximum absolute atomic E-state index is 11.8. The van der Waals surface area contributed by atoms with Gasteiger partial charge in [0.05, 0.1) is 17.9 Å². The Labute approximate surface area is 104 Å². The van der Waals surface area contributed by atoms with Crippen LogP contribution in [0.15, 0.2) is 24.3 Å². The second-order valence-corrected chi connectivity index (χ2v) is 3.95. The maximum atomic E-state index is 11.8. The van der Waals surface area contributed by atoms with Gasteiger partial charge in [0.1, 0.15) is 0 Å². The van der Waals surface area contributed by atoms with E-state index in [4.69, 9.17) is 4.74 Å². The zero-order valence-electron chi connectivity index (χ0n) is 10.0. The highest BCUT2D eigenvalue weighted by Crippen LogP contribution is 2.28. The molecule has 2 amide bonds. The normalized spacial score (nSPS) is 13.7. The van der Waals surface area contributed by atoms with Crippen LogP contribution in [0.3, 0.4) is 0 Å². The van der Waals surface area contributed by atoms with E-state index in [0.29, 0.717) is 5.69 Å². The first-order valence-electron chi connectivity index (χ1n) is 5.81. The highest BCUT2D eigenvalue weighted by Gasteiger charge is 2.40. The number of unbranched alkanes of at least 4 members (excludes halogenated alkanes) is 1. The first-order valence-corrected chi connectivity index (χ1v) is 5.81. The van der Waals surface area contributed by atoms with Gasteiger partial charge in [0.2, 0.25) is 0 Å². The van der Waals surface area contributed by atoms with Crippen molar-refractivity contribution in [2.45, 2.75) is 19.8 Å². The topological polar surface area (TPSA) is 63.7 Å². The number of hydrogen-bond acceptors (Lipinski definition) is 4. The lowest BCUT2D eigenvalue weighted by Crippen LogP contribution is -2.36. The summed E-state index contributed by atoms with van der Waals surface area (Å²) >= 11 is 0. The molecule has 0 unspecified atom stereocenters. The van der Waals surface area contributed by atoms with Gasteiger partial charge in [-0.25, -0.2) is 9.69 Å². The van der Waals surface area contributed by atoms with E-state index in [1.54, 1.807) is 18.2 Å². The van der Waals surface area contributed by atoms with E-state index >= 15 is 0 Å². The van der Waals surface area contributed by atoms with Gasteiger partial charge in [-0.05, 0) is 18.6 Å². The zero-order valence-corrected chi connectivity index (χ0v) is 10.0. The lowest BCUT2D eigenvalue weighted by atomic mass is 10.1. The second-order valence-electron chi connectivity index (χ2n) is 3.95. The molecule has 94 valence electrons. The minimum Gasteiger partial charge on any atom is -0.449 e. The standard InChI is InChI=1S/C13H13NO4/c1-2-3-8-18-13(17)14-10-7-5-4-6-9(10)11(15)12(14)16/h4-7H,2-3,8H2,1H3. The summed E-state index contributed by atoms with van der Waals surface area (Å²) in [5.74, 6) is -1.52. The van der Waals surface area contributed by atoms with Gasteiger partial charge in [-0.15, -0.1) is 0 Å². The molecule has 1 aliphatic heterocycles. The van der Waals surface area contributed by atoms with Crippen molar-refractivity contribution in [1.29, 1.82) is 0 Å². The van der Waals surface area contributed by atoms with E-state index < -0.39 is 17.8 Å². The molecular formula is C13H13NO4. The molecule has 2 rings (SSSR count).